The summed E-state index contributed by atoms with van der Waals surface area (Å²) in [7, 11) is 6.77. The first-order valence-electron chi connectivity index (χ1n) is 16.6. The summed E-state index contributed by atoms with van der Waals surface area (Å²) in [5, 5.41) is 0. The van der Waals surface area contributed by atoms with E-state index in [0.717, 1.165) is 75.1 Å². The van der Waals surface area contributed by atoms with E-state index in [1.165, 1.54) is 44.8 Å². The molecule has 0 unspecified atom stereocenters. The molecule has 0 N–H and O–H groups in total. The van der Waals surface area contributed by atoms with Crippen molar-refractivity contribution in [2.45, 2.75) is 39.0 Å². The lowest BCUT2D eigenvalue weighted by atomic mass is 9.98. The second-order valence-corrected chi connectivity index (χ2v) is 12.6. The molecule has 2 aliphatic heterocycles. The van der Waals surface area contributed by atoms with Crippen LogP contribution in [-0.4, -0.2) is 41.5 Å². The Hall–Kier alpha value is -5.24. The summed E-state index contributed by atoms with van der Waals surface area (Å²) in [6.07, 6.45) is 10.7. The van der Waals surface area contributed by atoms with Crippen molar-refractivity contribution in [1.82, 2.24) is 0 Å². The van der Waals surface area contributed by atoms with Crippen LogP contribution in [0.25, 0.3) is 0 Å². The van der Waals surface area contributed by atoms with Gasteiger partial charge in [-0.2, -0.15) is 0 Å². The normalized spacial score (nSPS) is 13.8. The maximum absolute atomic E-state index is 5.54. The third kappa shape index (κ3) is 6.61. The topological polar surface area (TPSA) is 51.2 Å². The van der Waals surface area contributed by atoms with Crippen molar-refractivity contribution in [1.29, 1.82) is 0 Å². The highest BCUT2D eigenvalue weighted by Crippen LogP contribution is 2.35. The molecule has 0 fully saturated rings. The largest absolute Gasteiger partial charge is 0.493 e. The molecule has 0 saturated heterocycles. The summed E-state index contributed by atoms with van der Waals surface area (Å²) in [5.41, 5.74) is 10.3. The number of hydrogen-bond donors (Lipinski definition) is 0. The fraction of sp³-hybridized carbons (Fsp3) is 0.300. The summed E-state index contributed by atoms with van der Waals surface area (Å²) in [6, 6.07) is 26.3. The van der Waals surface area contributed by atoms with Gasteiger partial charge in [-0.1, -0.05) is 24.3 Å². The number of nitrogens with zero attached hydrogens (tertiary/aromatic N) is 4. The van der Waals surface area contributed by atoms with E-state index in [2.05, 4.69) is 117 Å². The molecule has 3 aromatic carbocycles. The molecule has 0 aliphatic carbocycles. The first kappa shape index (κ1) is 31.4. The van der Waals surface area contributed by atoms with Crippen molar-refractivity contribution in [2.75, 3.05) is 51.3 Å². The highest BCUT2D eigenvalue weighted by atomic mass is 16.5. The number of hydrogen-bond acceptors (Lipinski definition) is 6. The molecular formula is C40H44N4O4+2. The molecule has 4 heterocycles. The van der Waals surface area contributed by atoms with Crippen LogP contribution >= 0.6 is 0 Å². The van der Waals surface area contributed by atoms with E-state index in [1.807, 2.05) is 0 Å². The number of pyridine rings is 2. The van der Waals surface area contributed by atoms with Crippen molar-refractivity contribution in [3.05, 3.63) is 131 Å². The van der Waals surface area contributed by atoms with E-state index in [-0.39, 0.29) is 0 Å². The van der Waals surface area contributed by atoms with Crippen LogP contribution in [0.4, 0.5) is 11.4 Å². The monoisotopic (exact) mass is 644 g/mol. The Morgan fingerprint density at radius 3 is 1.15 bits per heavy atom. The minimum atomic E-state index is 0.787. The molecular weight excluding hydrogens is 600 g/mol. The predicted molar refractivity (Wildman–Crippen MR) is 187 cm³/mol. The highest BCUT2D eigenvalue weighted by molar-refractivity contribution is 5.54. The highest BCUT2D eigenvalue weighted by Gasteiger charge is 2.22. The van der Waals surface area contributed by atoms with Crippen LogP contribution in [-0.2, 0) is 39.0 Å². The van der Waals surface area contributed by atoms with E-state index in [1.54, 1.807) is 28.4 Å². The van der Waals surface area contributed by atoms with Gasteiger partial charge in [-0.05, 0) is 59.4 Å². The molecule has 0 saturated carbocycles. The van der Waals surface area contributed by atoms with E-state index >= 15 is 0 Å². The smallest absolute Gasteiger partial charge is 0.173 e. The molecule has 0 spiro atoms. The summed E-state index contributed by atoms with van der Waals surface area (Å²) >= 11 is 0. The number of anilines is 2. The van der Waals surface area contributed by atoms with Gasteiger partial charge in [0.05, 0.1) is 28.4 Å². The van der Waals surface area contributed by atoms with Crippen LogP contribution in [0.1, 0.15) is 33.4 Å². The average Bonchev–Trinajstić information content (AvgIpc) is 3.14. The molecule has 2 aliphatic rings. The van der Waals surface area contributed by atoms with Crippen molar-refractivity contribution in [2.24, 2.45) is 0 Å². The molecule has 7 rings (SSSR count). The zero-order valence-corrected chi connectivity index (χ0v) is 28.3. The van der Waals surface area contributed by atoms with Gasteiger partial charge in [0.25, 0.3) is 0 Å². The lowest BCUT2D eigenvalue weighted by molar-refractivity contribution is -0.688. The van der Waals surface area contributed by atoms with Gasteiger partial charge in [-0.15, -0.1) is 0 Å². The van der Waals surface area contributed by atoms with Crippen LogP contribution in [0, 0.1) is 0 Å². The fourth-order valence-electron chi connectivity index (χ4n) is 6.91. The molecule has 0 atom stereocenters. The second-order valence-electron chi connectivity index (χ2n) is 12.6. The summed E-state index contributed by atoms with van der Waals surface area (Å²) in [6.45, 7) is 5.35. The molecule has 0 radical (unpaired) electrons. The van der Waals surface area contributed by atoms with Crippen molar-refractivity contribution < 1.29 is 28.1 Å². The SMILES string of the molecule is COc1cc2c(cc1OC)CN(c1cc[n+](Cc3ccc(C[n+]4ccc(N5CCc6cc(OC)c(OC)cc6C5)cc4)cc3)cc1)CC2. The van der Waals surface area contributed by atoms with Crippen LogP contribution in [0.3, 0.4) is 0 Å². The lowest BCUT2D eigenvalue weighted by Gasteiger charge is -2.31. The first-order valence-corrected chi connectivity index (χ1v) is 16.6. The molecule has 48 heavy (non-hydrogen) atoms. The average molecular weight is 645 g/mol. The minimum Gasteiger partial charge on any atom is -0.493 e. The Bertz CT molecular complexity index is 1740. The van der Waals surface area contributed by atoms with Gasteiger partial charge in [0.2, 0.25) is 0 Å². The number of ether oxygens (including phenoxy) is 4. The number of methoxy groups -OCH3 is 4. The van der Waals surface area contributed by atoms with Gasteiger partial charge >= 0.3 is 0 Å². The number of aromatic nitrogens is 2. The third-order valence-corrected chi connectivity index (χ3v) is 9.67. The van der Waals surface area contributed by atoms with Crippen LogP contribution in [0.5, 0.6) is 23.0 Å². The van der Waals surface area contributed by atoms with Crippen LogP contribution < -0.4 is 37.9 Å². The molecule has 0 amide bonds. The maximum atomic E-state index is 5.54. The molecule has 2 aromatic heterocycles. The van der Waals surface area contributed by atoms with E-state index < -0.39 is 0 Å². The van der Waals surface area contributed by atoms with E-state index in [9.17, 15) is 0 Å². The van der Waals surface area contributed by atoms with Crippen molar-refractivity contribution >= 4 is 11.4 Å². The van der Waals surface area contributed by atoms with Gasteiger partial charge in [0.1, 0.15) is 0 Å². The summed E-state index contributed by atoms with van der Waals surface area (Å²) in [4.78, 5) is 4.86. The maximum Gasteiger partial charge on any atom is 0.173 e. The molecule has 8 heteroatoms. The van der Waals surface area contributed by atoms with Gasteiger partial charge in [0.15, 0.2) is 60.9 Å². The van der Waals surface area contributed by atoms with Crippen molar-refractivity contribution in [3.8, 4) is 23.0 Å². The summed E-state index contributed by atoms with van der Waals surface area (Å²) in [5.74, 6) is 3.18. The Labute approximate surface area is 283 Å². The summed E-state index contributed by atoms with van der Waals surface area (Å²) < 4.78 is 26.6. The molecule has 8 nitrogen and oxygen atoms in total. The molecule has 5 aromatic rings. The van der Waals surface area contributed by atoms with Crippen LogP contribution in [0.2, 0.25) is 0 Å². The lowest BCUT2D eigenvalue weighted by Crippen LogP contribution is -2.35. The van der Waals surface area contributed by atoms with Gasteiger partial charge in [-0.25, -0.2) is 9.13 Å². The Morgan fingerprint density at radius 1 is 0.479 bits per heavy atom. The molecule has 246 valence electrons. The first-order chi connectivity index (χ1) is 23.5. The van der Waals surface area contributed by atoms with Crippen LogP contribution in [0.15, 0.2) is 97.6 Å². The Morgan fingerprint density at radius 2 is 0.812 bits per heavy atom. The molecule has 0 bridgehead atoms. The van der Waals surface area contributed by atoms with Crippen molar-refractivity contribution in [3.63, 3.8) is 0 Å². The third-order valence-electron chi connectivity index (χ3n) is 9.67. The fourth-order valence-corrected chi connectivity index (χ4v) is 6.91. The van der Waals surface area contributed by atoms with E-state index in [0.29, 0.717) is 0 Å². The quantitative estimate of drug-likeness (QED) is 0.187. The Kier molecular flexibility index (Phi) is 9.05. The van der Waals surface area contributed by atoms with Gasteiger partial charge in [-0.3, -0.25) is 0 Å². The second kappa shape index (κ2) is 13.9. The zero-order valence-electron chi connectivity index (χ0n) is 28.3. The number of fused-ring (bicyclic) bond motifs is 2. The number of benzene rings is 3. The zero-order chi connectivity index (χ0) is 33.0. The standard InChI is InChI=1S/C40H44N4O4/c1-45-37-21-31-9-19-43(27-33(31)23-39(37)47-3)35-11-15-41(16-12-35)25-29-5-7-30(8-6-29)26-42-17-13-36(14-18-42)44-20-10-32-22-38(46-2)40(48-4)24-34(32)28-44/h5-8,11-18,21-24H,9-10,19-20,25-28H2,1-4H3/q+2. The van der Waals surface area contributed by atoms with Gasteiger partial charge in [0, 0.05) is 72.9 Å². The van der Waals surface area contributed by atoms with E-state index in [4.69, 9.17) is 18.9 Å². The Balaban J connectivity index is 0.936. The number of rotatable bonds is 10. The predicted octanol–water partition coefficient (Wildman–Crippen LogP) is 5.52. The minimum absolute atomic E-state index is 0.787. The van der Waals surface area contributed by atoms with Gasteiger partial charge < -0.3 is 28.7 Å².